The maximum Gasteiger partial charge on any atom is 0.105 e. The van der Waals surface area contributed by atoms with Gasteiger partial charge in [0.25, 0.3) is 0 Å². The monoisotopic (exact) mass is 215 g/mol. The average molecular weight is 215 g/mol. The van der Waals surface area contributed by atoms with Gasteiger partial charge in [-0.05, 0) is 43.7 Å². The van der Waals surface area contributed by atoms with E-state index in [0.29, 0.717) is 6.04 Å². The van der Waals surface area contributed by atoms with E-state index < -0.39 is 0 Å². The summed E-state index contributed by atoms with van der Waals surface area (Å²) in [5.74, 6) is 1.02. The quantitative estimate of drug-likeness (QED) is 0.842. The van der Waals surface area contributed by atoms with E-state index in [1.165, 1.54) is 11.3 Å². The minimum absolute atomic E-state index is 0.368. The first-order valence-electron chi connectivity index (χ1n) is 5.59. The molecule has 0 radical (unpaired) electrons. The highest BCUT2D eigenvalue weighted by Gasteiger charge is 2.05. The van der Waals surface area contributed by atoms with Gasteiger partial charge in [-0.25, -0.2) is 0 Å². The summed E-state index contributed by atoms with van der Waals surface area (Å²) in [5, 5.41) is 3.46. The van der Waals surface area contributed by atoms with Gasteiger partial charge in [0.05, 0.1) is 6.26 Å². The van der Waals surface area contributed by atoms with Crippen molar-refractivity contribution in [3.63, 3.8) is 0 Å². The van der Waals surface area contributed by atoms with Crippen molar-refractivity contribution in [3.8, 4) is 0 Å². The second-order valence-corrected chi connectivity index (χ2v) is 4.20. The summed E-state index contributed by atoms with van der Waals surface area (Å²) in [6.07, 6.45) is 2.62. The Kier molecular flexibility index (Phi) is 3.30. The molecule has 16 heavy (non-hydrogen) atoms. The molecular weight excluding hydrogens is 198 g/mol. The van der Waals surface area contributed by atoms with Crippen LogP contribution in [-0.2, 0) is 6.42 Å². The van der Waals surface area contributed by atoms with Crippen molar-refractivity contribution in [3.05, 3.63) is 54.0 Å². The van der Waals surface area contributed by atoms with Gasteiger partial charge in [-0.3, -0.25) is 0 Å². The lowest BCUT2D eigenvalue weighted by Gasteiger charge is -2.14. The van der Waals surface area contributed by atoms with Crippen LogP contribution in [0.4, 0.5) is 5.69 Å². The van der Waals surface area contributed by atoms with E-state index in [4.69, 9.17) is 4.42 Å². The zero-order chi connectivity index (χ0) is 11.4. The fourth-order valence-electron chi connectivity index (χ4n) is 1.80. The molecule has 0 fully saturated rings. The van der Waals surface area contributed by atoms with Crippen molar-refractivity contribution in [2.45, 2.75) is 26.3 Å². The summed E-state index contributed by atoms with van der Waals surface area (Å²) in [4.78, 5) is 0. The number of aryl methyl sites for hydroxylation is 1. The highest BCUT2D eigenvalue weighted by atomic mass is 16.3. The maximum absolute atomic E-state index is 5.33. The Morgan fingerprint density at radius 3 is 2.81 bits per heavy atom. The molecule has 0 saturated carbocycles. The highest BCUT2D eigenvalue weighted by Crippen LogP contribution is 2.13. The molecule has 2 nitrogen and oxygen atoms in total. The van der Waals surface area contributed by atoms with Crippen LogP contribution in [0.15, 0.2) is 47.1 Å². The number of nitrogens with one attached hydrogen (secondary N) is 1. The third kappa shape index (κ3) is 2.89. The minimum Gasteiger partial charge on any atom is -0.469 e. The molecule has 1 heterocycles. The predicted molar refractivity (Wildman–Crippen MR) is 66.7 cm³/mol. The summed E-state index contributed by atoms with van der Waals surface area (Å²) in [5.41, 5.74) is 2.44. The smallest absolute Gasteiger partial charge is 0.105 e. The van der Waals surface area contributed by atoms with Crippen LogP contribution in [0.25, 0.3) is 0 Å². The van der Waals surface area contributed by atoms with E-state index in [9.17, 15) is 0 Å². The van der Waals surface area contributed by atoms with Gasteiger partial charge in [-0.1, -0.05) is 12.1 Å². The standard InChI is InChI=1S/C14H17NO/c1-11-5-3-6-13(9-11)15-12(2)10-14-7-4-8-16-14/h3-9,12,15H,10H2,1-2H3. The van der Waals surface area contributed by atoms with Gasteiger partial charge in [0.15, 0.2) is 0 Å². The summed E-state index contributed by atoms with van der Waals surface area (Å²) in [7, 11) is 0. The largest absolute Gasteiger partial charge is 0.469 e. The van der Waals surface area contributed by atoms with Gasteiger partial charge >= 0.3 is 0 Å². The number of furan rings is 1. The molecule has 1 aromatic heterocycles. The van der Waals surface area contributed by atoms with Crippen LogP contribution < -0.4 is 5.32 Å². The van der Waals surface area contributed by atoms with Crippen LogP contribution in [0, 0.1) is 6.92 Å². The molecule has 1 atom stereocenters. The molecule has 0 aliphatic carbocycles. The van der Waals surface area contributed by atoms with Crippen molar-refractivity contribution < 1.29 is 4.42 Å². The van der Waals surface area contributed by atoms with Gasteiger partial charge in [0.2, 0.25) is 0 Å². The second-order valence-electron chi connectivity index (χ2n) is 4.20. The summed E-state index contributed by atoms with van der Waals surface area (Å²) in [6.45, 7) is 4.26. The lowest BCUT2D eigenvalue weighted by molar-refractivity contribution is 0.498. The van der Waals surface area contributed by atoms with E-state index in [1.54, 1.807) is 6.26 Å². The Morgan fingerprint density at radius 2 is 2.12 bits per heavy atom. The van der Waals surface area contributed by atoms with Gasteiger partial charge in [-0.15, -0.1) is 0 Å². The minimum atomic E-state index is 0.368. The molecular formula is C14H17NO. The molecule has 0 aliphatic rings. The van der Waals surface area contributed by atoms with Crippen LogP contribution in [0.3, 0.4) is 0 Å². The van der Waals surface area contributed by atoms with Gasteiger partial charge in [0, 0.05) is 18.2 Å². The molecule has 1 N–H and O–H groups in total. The second kappa shape index (κ2) is 4.88. The third-order valence-corrected chi connectivity index (χ3v) is 2.52. The van der Waals surface area contributed by atoms with E-state index >= 15 is 0 Å². The zero-order valence-electron chi connectivity index (χ0n) is 9.73. The molecule has 2 aromatic rings. The predicted octanol–water partition coefficient (Wildman–Crippen LogP) is 3.63. The van der Waals surface area contributed by atoms with Crippen molar-refractivity contribution in [1.29, 1.82) is 0 Å². The first kappa shape index (κ1) is 10.8. The molecule has 0 bridgehead atoms. The zero-order valence-corrected chi connectivity index (χ0v) is 9.73. The molecule has 1 aromatic carbocycles. The molecule has 1 unspecified atom stereocenters. The van der Waals surface area contributed by atoms with E-state index in [-0.39, 0.29) is 0 Å². The number of benzene rings is 1. The third-order valence-electron chi connectivity index (χ3n) is 2.52. The molecule has 0 amide bonds. The normalized spacial score (nSPS) is 12.4. The average Bonchev–Trinajstić information content (AvgIpc) is 2.70. The van der Waals surface area contributed by atoms with Gasteiger partial charge in [-0.2, -0.15) is 0 Å². The highest BCUT2D eigenvalue weighted by molar-refractivity contribution is 5.46. The molecule has 0 spiro atoms. The summed E-state index contributed by atoms with van der Waals surface area (Å²) < 4.78 is 5.33. The maximum atomic E-state index is 5.33. The Labute approximate surface area is 96.3 Å². The fourth-order valence-corrected chi connectivity index (χ4v) is 1.80. The van der Waals surface area contributed by atoms with Crippen LogP contribution in [0.2, 0.25) is 0 Å². The van der Waals surface area contributed by atoms with Crippen molar-refractivity contribution >= 4 is 5.69 Å². The van der Waals surface area contributed by atoms with Crippen molar-refractivity contribution in [1.82, 2.24) is 0 Å². The van der Waals surface area contributed by atoms with Crippen LogP contribution in [0.5, 0.6) is 0 Å². The Hall–Kier alpha value is -1.70. The van der Waals surface area contributed by atoms with Crippen LogP contribution in [-0.4, -0.2) is 6.04 Å². The van der Waals surface area contributed by atoms with Gasteiger partial charge < -0.3 is 9.73 Å². The molecule has 2 rings (SSSR count). The van der Waals surface area contributed by atoms with Crippen molar-refractivity contribution in [2.24, 2.45) is 0 Å². The molecule has 0 saturated heterocycles. The van der Waals surface area contributed by atoms with E-state index in [1.807, 2.05) is 12.1 Å². The number of anilines is 1. The Morgan fingerprint density at radius 1 is 1.25 bits per heavy atom. The number of hydrogen-bond donors (Lipinski definition) is 1. The molecule has 84 valence electrons. The first-order valence-corrected chi connectivity index (χ1v) is 5.59. The molecule has 0 aliphatic heterocycles. The summed E-state index contributed by atoms with van der Waals surface area (Å²) >= 11 is 0. The van der Waals surface area contributed by atoms with E-state index in [0.717, 1.165) is 12.2 Å². The van der Waals surface area contributed by atoms with E-state index in [2.05, 4.69) is 43.4 Å². The Bertz CT molecular complexity index is 434. The SMILES string of the molecule is Cc1cccc(NC(C)Cc2ccco2)c1. The molecule has 2 heteroatoms. The lowest BCUT2D eigenvalue weighted by Crippen LogP contribution is -2.17. The van der Waals surface area contributed by atoms with Gasteiger partial charge in [0.1, 0.15) is 5.76 Å². The van der Waals surface area contributed by atoms with Crippen LogP contribution >= 0.6 is 0 Å². The van der Waals surface area contributed by atoms with Crippen molar-refractivity contribution in [2.75, 3.05) is 5.32 Å². The lowest BCUT2D eigenvalue weighted by atomic mass is 10.1. The first-order chi connectivity index (χ1) is 7.74. The topological polar surface area (TPSA) is 25.2 Å². The number of hydrogen-bond acceptors (Lipinski definition) is 2. The Balaban J connectivity index is 1.94. The number of rotatable bonds is 4. The summed E-state index contributed by atoms with van der Waals surface area (Å²) in [6, 6.07) is 12.7. The van der Waals surface area contributed by atoms with Crippen LogP contribution in [0.1, 0.15) is 18.2 Å². The fraction of sp³-hybridized carbons (Fsp3) is 0.286.